The van der Waals surface area contributed by atoms with Crippen LogP contribution in [0.1, 0.15) is 57.9 Å². The number of esters is 1. The average Bonchev–Trinajstić information content (AvgIpc) is 2.95. The van der Waals surface area contributed by atoms with Crippen LogP contribution in [0.25, 0.3) is 0 Å². The fraction of sp³-hybridized carbons (Fsp3) is 0.625. The van der Waals surface area contributed by atoms with Crippen LogP contribution in [0, 0.1) is 28.5 Å². The minimum Gasteiger partial charge on any atom is -0.426 e. The second-order valence-electron chi connectivity index (χ2n) is 10.2. The summed E-state index contributed by atoms with van der Waals surface area (Å²) in [6, 6.07) is 4.82. The number of rotatable bonds is 5. The standard InChI is InChI=1S/C24H34FNO2/c1-7-24-9-8-16(13-24)21(15-26(5)6)20(14-24)17-10-18(25)12-19(11-17)28-22(27)23(2,3)4/h7,10-12,16,20-21H,1,8-9,13-15H2,2-6H3. The van der Waals surface area contributed by atoms with E-state index in [-0.39, 0.29) is 23.1 Å². The molecule has 0 aliphatic heterocycles. The highest BCUT2D eigenvalue weighted by atomic mass is 19.1. The van der Waals surface area contributed by atoms with Crippen LogP contribution in [0.15, 0.2) is 30.9 Å². The van der Waals surface area contributed by atoms with Crippen molar-refractivity contribution >= 4 is 5.97 Å². The lowest BCUT2D eigenvalue weighted by Crippen LogP contribution is -2.37. The zero-order chi connectivity index (χ0) is 20.7. The minimum atomic E-state index is -0.628. The Kier molecular flexibility index (Phi) is 5.73. The summed E-state index contributed by atoms with van der Waals surface area (Å²) in [6.07, 6.45) is 6.69. The number of ether oxygens (including phenoxy) is 1. The highest BCUT2D eigenvalue weighted by molar-refractivity contribution is 5.77. The lowest BCUT2D eigenvalue weighted by Gasteiger charge is -2.43. The third kappa shape index (κ3) is 4.32. The normalized spacial score (nSPS) is 29.8. The summed E-state index contributed by atoms with van der Waals surface area (Å²) >= 11 is 0. The molecular weight excluding hydrogens is 353 g/mol. The van der Waals surface area contributed by atoms with Crippen LogP contribution >= 0.6 is 0 Å². The van der Waals surface area contributed by atoms with E-state index in [1.165, 1.54) is 25.3 Å². The second kappa shape index (κ2) is 7.62. The Labute approximate surface area is 168 Å². The van der Waals surface area contributed by atoms with Gasteiger partial charge in [0, 0.05) is 12.6 Å². The van der Waals surface area contributed by atoms with Crippen molar-refractivity contribution in [1.82, 2.24) is 4.90 Å². The summed E-state index contributed by atoms with van der Waals surface area (Å²) in [7, 11) is 4.20. The van der Waals surface area contributed by atoms with E-state index in [1.807, 2.05) is 6.07 Å². The molecule has 0 spiro atoms. The number of halogens is 1. The highest BCUT2D eigenvalue weighted by Gasteiger charge is 2.49. The molecule has 4 atom stereocenters. The van der Waals surface area contributed by atoms with Crippen LogP contribution in [-0.4, -0.2) is 31.5 Å². The molecule has 0 N–H and O–H groups in total. The molecule has 4 heteroatoms. The third-order valence-corrected chi connectivity index (χ3v) is 6.58. The quantitative estimate of drug-likeness (QED) is 0.384. The number of allylic oxidation sites excluding steroid dienone is 1. The Morgan fingerprint density at radius 3 is 2.64 bits per heavy atom. The first-order chi connectivity index (χ1) is 13.0. The lowest BCUT2D eigenvalue weighted by atomic mass is 9.63. The molecule has 154 valence electrons. The molecule has 3 rings (SSSR count). The Bertz CT molecular complexity index is 751. The van der Waals surface area contributed by atoms with Crippen molar-refractivity contribution in [2.75, 3.05) is 20.6 Å². The van der Waals surface area contributed by atoms with Crippen LogP contribution in [0.3, 0.4) is 0 Å². The Morgan fingerprint density at radius 1 is 1.32 bits per heavy atom. The summed E-state index contributed by atoms with van der Waals surface area (Å²) in [5, 5.41) is 0. The average molecular weight is 388 g/mol. The summed E-state index contributed by atoms with van der Waals surface area (Å²) in [5.41, 5.74) is 0.477. The summed E-state index contributed by atoms with van der Waals surface area (Å²) in [6.45, 7) is 10.5. The molecule has 2 saturated carbocycles. The maximum atomic E-state index is 14.5. The van der Waals surface area contributed by atoms with E-state index in [0.29, 0.717) is 17.6 Å². The van der Waals surface area contributed by atoms with Crippen molar-refractivity contribution in [2.24, 2.45) is 22.7 Å². The Balaban J connectivity index is 1.95. The van der Waals surface area contributed by atoms with Crippen molar-refractivity contribution in [1.29, 1.82) is 0 Å². The first-order valence-corrected chi connectivity index (χ1v) is 10.3. The number of hydrogen-bond donors (Lipinski definition) is 0. The number of nitrogens with zero attached hydrogens (tertiary/aromatic N) is 1. The van der Waals surface area contributed by atoms with Gasteiger partial charge in [0.05, 0.1) is 5.41 Å². The van der Waals surface area contributed by atoms with Gasteiger partial charge in [-0.25, -0.2) is 4.39 Å². The molecule has 2 bridgehead atoms. The molecular formula is C24H34FNO2. The number of fused-ring (bicyclic) bond motifs is 2. The van der Waals surface area contributed by atoms with Gasteiger partial charge >= 0.3 is 5.97 Å². The zero-order valence-electron chi connectivity index (χ0n) is 17.9. The molecule has 0 heterocycles. The molecule has 0 saturated heterocycles. The van der Waals surface area contributed by atoms with E-state index >= 15 is 0 Å². The molecule has 3 nitrogen and oxygen atoms in total. The van der Waals surface area contributed by atoms with Gasteiger partial charge in [0.1, 0.15) is 11.6 Å². The predicted molar refractivity (Wildman–Crippen MR) is 111 cm³/mol. The number of carbonyl (C=O) groups is 1. The second-order valence-corrected chi connectivity index (χ2v) is 10.2. The van der Waals surface area contributed by atoms with Crippen molar-refractivity contribution in [3.63, 3.8) is 0 Å². The first-order valence-electron chi connectivity index (χ1n) is 10.3. The molecule has 4 unspecified atom stereocenters. The van der Waals surface area contributed by atoms with Gasteiger partial charge in [0.25, 0.3) is 0 Å². The summed E-state index contributed by atoms with van der Waals surface area (Å²) in [5.74, 6) is 0.957. The zero-order valence-corrected chi connectivity index (χ0v) is 17.9. The van der Waals surface area contributed by atoms with Gasteiger partial charge in [0.2, 0.25) is 0 Å². The molecule has 0 radical (unpaired) electrons. The van der Waals surface area contributed by atoms with E-state index in [0.717, 1.165) is 18.5 Å². The van der Waals surface area contributed by atoms with Gasteiger partial charge in [-0.05, 0) is 101 Å². The maximum Gasteiger partial charge on any atom is 0.316 e. The molecule has 2 aliphatic carbocycles. The fourth-order valence-corrected chi connectivity index (χ4v) is 5.12. The first kappa shape index (κ1) is 21.0. The van der Waals surface area contributed by atoms with E-state index in [9.17, 15) is 9.18 Å². The van der Waals surface area contributed by atoms with Crippen LogP contribution in [-0.2, 0) is 4.79 Å². The van der Waals surface area contributed by atoms with E-state index < -0.39 is 5.41 Å². The van der Waals surface area contributed by atoms with Gasteiger partial charge in [-0.15, -0.1) is 6.58 Å². The van der Waals surface area contributed by atoms with Gasteiger partial charge < -0.3 is 9.64 Å². The van der Waals surface area contributed by atoms with Gasteiger partial charge in [-0.3, -0.25) is 4.79 Å². The summed E-state index contributed by atoms with van der Waals surface area (Å²) < 4.78 is 20.0. The summed E-state index contributed by atoms with van der Waals surface area (Å²) in [4.78, 5) is 14.5. The van der Waals surface area contributed by atoms with Gasteiger partial charge in [-0.2, -0.15) is 0 Å². The van der Waals surface area contributed by atoms with E-state index in [2.05, 4.69) is 31.7 Å². The van der Waals surface area contributed by atoms with Crippen molar-refractivity contribution < 1.29 is 13.9 Å². The van der Waals surface area contributed by atoms with Gasteiger partial charge in [0.15, 0.2) is 0 Å². The van der Waals surface area contributed by atoms with Crippen LogP contribution in [0.2, 0.25) is 0 Å². The van der Waals surface area contributed by atoms with Gasteiger partial charge in [-0.1, -0.05) is 6.08 Å². The number of hydrogen-bond acceptors (Lipinski definition) is 3. The minimum absolute atomic E-state index is 0.159. The van der Waals surface area contributed by atoms with Crippen LogP contribution in [0.4, 0.5) is 4.39 Å². The Morgan fingerprint density at radius 2 is 2.04 bits per heavy atom. The lowest BCUT2D eigenvalue weighted by molar-refractivity contribution is -0.143. The van der Waals surface area contributed by atoms with Crippen LogP contribution < -0.4 is 4.74 Å². The SMILES string of the molecule is C=CC12CCC(C1)C(CN(C)C)C(c1cc(F)cc(OC(=O)C(C)(C)C)c1)C2. The van der Waals surface area contributed by atoms with Crippen molar-refractivity contribution in [3.8, 4) is 5.75 Å². The molecule has 2 aliphatic rings. The Hall–Kier alpha value is -1.68. The van der Waals surface area contributed by atoms with Crippen molar-refractivity contribution in [3.05, 3.63) is 42.2 Å². The molecule has 1 aromatic carbocycles. The molecule has 0 amide bonds. The molecule has 0 aromatic heterocycles. The predicted octanol–water partition coefficient (Wildman–Crippen LogP) is 5.41. The highest BCUT2D eigenvalue weighted by Crippen LogP contribution is 2.59. The number of benzene rings is 1. The van der Waals surface area contributed by atoms with Crippen LogP contribution in [0.5, 0.6) is 5.75 Å². The van der Waals surface area contributed by atoms with E-state index in [4.69, 9.17) is 4.74 Å². The van der Waals surface area contributed by atoms with Crippen molar-refractivity contribution in [2.45, 2.75) is 52.4 Å². The molecule has 2 fully saturated rings. The fourth-order valence-electron chi connectivity index (χ4n) is 5.12. The molecule has 28 heavy (non-hydrogen) atoms. The maximum absolute atomic E-state index is 14.5. The largest absolute Gasteiger partial charge is 0.426 e. The monoisotopic (exact) mass is 387 g/mol. The topological polar surface area (TPSA) is 29.5 Å². The smallest absolute Gasteiger partial charge is 0.316 e. The third-order valence-electron chi connectivity index (χ3n) is 6.58. The number of carbonyl (C=O) groups excluding carboxylic acids is 1. The van der Waals surface area contributed by atoms with E-state index in [1.54, 1.807) is 26.8 Å². The molecule has 1 aromatic rings.